The number of carboxylic acid groups (broad SMARTS) is 1. The second-order valence-corrected chi connectivity index (χ2v) is 7.53. The summed E-state index contributed by atoms with van der Waals surface area (Å²) in [5.74, 6) is 0.485. The van der Waals surface area contributed by atoms with Crippen molar-refractivity contribution < 1.29 is 28.9 Å². The first-order chi connectivity index (χ1) is 16.1. The van der Waals surface area contributed by atoms with E-state index in [9.17, 15) is 9.59 Å². The maximum atomic E-state index is 12.4. The summed E-state index contributed by atoms with van der Waals surface area (Å²) < 4.78 is 16.4. The third kappa shape index (κ3) is 7.47. The van der Waals surface area contributed by atoms with Crippen molar-refractivity contribution in [2.45, 2.75) is 25.4 Å². The molecule has 0 saturated heterocycles. The van der Waals surface area contributed by atoms with Gasteiger partial charge in [0.15, 0.2) is 11.9 Å². The van der Waals surface area contributed by atoms with E-state index in [1.807, 2.05) is 54.6 Å². The molecule has 172 valence electrons. The number of benzene rings is 3. The Kier molecular flexibility index (Phi) is 9.03. The number of hydrogen-bond acceptors (Lipinski definition) is 5. The Labute approximate surface area is 193 Å². The quantitative estimate of drug-likeness (QED) is 0.299. The number of unbranched alkanes of at least 4 members (excludes halogenated alkanes) is 1. The van der Waals surface area contributed by atoms with Gasteiger partial charge in [0.2, 0.25) is 0 Å². The molecule has 0 aliphatic rings. The Balaban J connectivity index is 1.34. The Morgan fingerprint density at radius 1 is 0.758 bits per heavy atom. The van der Waals surface area contributed by atoms with Crippen LogP contribution in [-0.2, 0) is 16.0 Å². The molecule has 1 N–H and O–H groups in total. The third-order valence-corrected chi connectivity index (χ3v) is 5.13. The van der Waals surface area contributed by atoms with Crippen LogP contribution in [0.2, 0.25) is 0 Å². The largest absolute Gasteiger partial charge is 0.494 e. The number of ether oxygens (including phenoxy) is 3. The van der Waals surface area contributed by atoms with E-state index in [-0.39, 0.29) is 5.78 Å². The fourth-order valence-corrected chi connectivity index (χ4v) is 3.25. The summed E-state index contributed by atoms with van der Waals surface area (Å²) in [5, 5.41) is 9.05. The van der Waals surface area contributed by atoms with E-state index in [4.69, 9.17) is 19.3 Å². The van der Waals surface area contributed by atoms with Crippen LogP contribution in [0.3, 0.4) is 0 Å². The molecular formula is C27H28O6. The molecule has 3 aromatic carbocycles. The summed E-state index contributed by atoms with van der Waals surface area (Å²) in [6, 6.07) is 23.7. The number of hydrogen-bond donors (Lipinski definition) is 1. The minimum absolute atomic E-state index is 0.00673. The summed E-state index contributed by atoms with van der Waals surface area (Å²) in [4.78, 5) is 23.5. The molecule has 1 atom stereocenters. The smallest absolute Gasteiger partial charge is 0.333 e. The van der Waals surface area contributed by atoms with Crippen molar-refractivity contribution in [2.75, 3.05) is 20.3 Å². The fourth-order valence-electron chi connectivity index (χ4n) is 3.25. The van der Waals surface area contributed by atoms with Gasteiger partial charge in [-0.2, -0.15) is 0 Å². The van der Waals surface area contributed by atoms with Gasteiger partial charge in [-0.05, 0) is 54.8 Å². The van der Waals surface area contributed by atoms with Crippen LogP contribution in [0.1, 0.15) is 34.3 Å². The topological polar surface area (TPSA) is 82.1 Å². The van der Waals surface area contributed by atoms with Gasteiger partial charge in [-0.25, -0.2) is 4.79 Å². The van der Waals surface area contributed by atoms with Crippen molar-refractivity contribution in [3.05, 3.63) is 95.6 Å². The van der Waals surface area contributed by atoms with E-state index in [1.165, 1.54) is 7.11 Å². The normalized spacial score (nSPS) is 11.5. The predicted octanol–water partition coefficient (Wildman–Crippen LogP) is 4.80. The molecule has 6 heteroatoms. The highest BCUT2D eigenvalue weighted by Gasteiger charge is 2.16. The first-order valence-corrected chi connectivity index (χ1v) is 10.9. The first-order valence-electron chi connectivity index (χ1n) is 10.9. The minimum Gasteiger partial charge on any atom is -0.494 e. The lowest BCUT2D eigenvalue weighted by molar-refractivity contribution is -0.148. The average Bonchev–Trinajstić information content (AvgIpc) is 2.85. The van der Waals surface area contributed by atoms with Crippen LogP contribution < -0.4 is 9.47 Å². The number of methoxy groups -OCH3 is 1. The maximum Gasteiger partial charge on any atom is 0.333 e. The van der Waals surface area contributed by atoms with Gasteiger partial charge in [0.05, 0.1) is 13.2 Å². The number of carbonyl (C=O) groups excluding carboxylic acids is 1. The zero-order chi connectivity index (χ0) is 23.5. The third-order valence-electron chi connectivity index (χ3n) is 5.13. The number of aliphatic carboxylic acids is 1. The molecule has 0 aliphatic carbocycles. The van der Waals surface area contributed by atoms with E-state index in [2.05, 4.69) is 0 Å². The van der Waals surface area contributed by atoms with E-state index < -0.39 is 12.1 Å². The highest BCUT2D eigenvalue weighted by molar-refractivity contribution is 6.08. The van der Waals surface area contributed by atoms with Crippen molar-refractivity contribution in [3.8, 4) is 11.5 Å². The molecule has 0 aliphatic heterocycles. The highest BCUT2D eigenvalue weighted by Crippen LogP contribution is 2.17. The zero-order valence-electron chi connectivity index (χ0n) is 18.6. The Morgan fingerprint density at radius 2 is 1.27 bits per heavy atom. The number of rotatable bonds is 13. The summed E-state index contributed by atoms with van der Waals surface area (Å²) in [5.41, 5.74) is 2.18. The molecule has 0 amide bonds. The SMILES string of the molecule is COC(Cc1ccc(OCCCCOc2ccc(C(=O)c3ccccc3)cc2)cc1)C(=O)O. The van der Waals surface area contributed by atoms with Gasteiger partial charge in [0, 0.05) is 24.7 Å². The number of ketones is 1. The van der Waals surface area contributed by atoms with Crippen LogP contribution in [0.15, 0.2) is 78.9 Å². The van der Waals surface area contributed by atoms with Crippen LogP contribution in [0, 0.1) is 0 Å². The van der Waals surface area contributed by atoms with E-state index >= 15 is 0 Å². The standard InChI is InChI=1S/C27H28O6/c1-31-25(27(29)30)19-20-9-13-23(14-10-20)32-17-5-6-18-33-24-15-11-22(12-16-24)26(28)21-7-3-2-4-8-21/h2-4,7-16,25H,5-6,17-19H2,1H3,(H,29,30). The predicted molar refractivity (Wildman–Crippen MR) is 125 cm³/mol. The molecule has 0 radical (unpaired) electrons. The van der Waals surface area contributed by atoms with Gasteiger partial charge in [0.25, 0.3) is 0 Å². The lowest BCUT2D eigenvalue weighted by atomic mass is 10.0. The van der Waals surface area contributed by atoms with Crippen molar-refractivity contribution in [1.82, 2.24) is 0 Å². The summed E-state index contributed by atoms with van der Waals surface area (Å²) in [6.07, 6.45) is 1.12. The average molecular weight is 449 g/mol. The molecular weight excluding hydrogens is 420 g/mol. The van der Waals surface area contributed by atoms with Crippen LogP contribution >= 0.6 is 0 Å². The van der Waals surface area contributed by atoms with Gasteiger partial charge in [-0.3, -0.25) is 4.79 Å². The summed E-state index contributed by atoms with van der Waals surface area (Å²) >= 11 is 0. The number of carbonyl (C=O) groups is 2. The van der Waals surface area contributed by atoms with Crippen molar-refractivity contribution in [2.24, 2.45) is 0 Å². The minimum atomic E-state index is -0.975. The van der Waals surface area contributed by atoms with E-state index in [0.29, 0.717) is 30.8 Å². The molecule has 3 aromatic rings. The van der Waals surface area contributed by atoms with Gasteiger partial charge in [0.1, 0.15) is 11.5 Å². The zero-order valence-corrected chi connectivity index (χ0v) is 18.6. The number of carboxylic acids is 1. The molecule has 3 rings (SSSR count). The molecule has 0 saturated carbocycles. The summed E-state index contributed by atoms with van der Waals surface area (Å²) in [7, 11) is 1.39. The molecule has 33 heavy (non-hydrogen) atoms. The summed E-state index contributed by atoms with van der Waals surface area (Å²) in [6.45, 7) is 1.12. The highest BCUT2D eigenvalue weighted by atomic mass is 16.5. The van der Waals surface area contributed by atoms with Gasteiger partial charge >= 0.3 is 5.97 Å². The second-order valence-electron chi connectivity index (χ2n) is 7.53. The lowest BCUT2D eigenvalue weighted by Gasteiger charge is -2.11. The van der Waals surface area contributed by atoms with E-state index in [1.54, 1.807) is 24.3 Å². The molecule has 0 spiro atoms. The Hall–Kier alpha value is -3.64. The molecule has 1 unspecified atom stereocenters. The van der Waals surface area contributed by atoms with Crippen LogP contribution in [0.25, 0.3) is 0 Å². The van der Waals surface area contributed by atoms with Crippen LogP contribution in [0.5, 0.6) is 11.5 Å². The van der Waals surface area contributed by atoms with Crippen LogP contribution in [0.4, 0.5) is 0 Å². The molecule has 0 heterocycles. The molecule has 0 fully saturated rings. The lowest BCUT2D eigenvalue weighted by Crippen LogP contribution is -2.24. The monoisotopic (exact) mass is 448 g/mol. The Morgan fingerprint density at radius 3 is 1.79 bits per heavy atom. The molecule has 6 nitrogen and oxygen atoms in total. The Bertz CT molecular complexity index is 1010. The second kappa shape index (κ2) is 12.4. The van der Waals surface area contributed by atoms with E-state index in [0.717, 1.165) is 29.9 Å². The van der Waals surface area contributed by atoms with Crippen molar-refractivity contribution >= 4 is 11.8 Å². The van der Waals surface area contributed by atoms with Gasteiger partial charge in [-0.15, -0.1) is 0 Å². The molecule has 0 aromatic heterocycles. The fraction of sp³-hybridized carbons (Fsp3) is 0.259. The maximum absolute atomic E-state index is 12.4. The van der Waals surface area contributed by atoms with Gasteiger partial charge < -0.3 is 19.3 Å². The first kappa shape index (κ1) is 24.0. The molecule has 0 bridgehead atoms. The van der Waals surface area contributed by atoms with Crippen LogP contribution in [-0.4, -0.2) is 43.3 Å². The van der Waals surface area contributed by atoms with Crippen molar-refractivity contribution in [3.63, 3.8) is 0 Å². The van der Waals surface area contributed by atoms with Gasteiger partial charge in [-0.1, -0.05) is 42.5 Å². The van der Waals surface area contributed by atoms with Crippen molar-refractivity contribution in [1.29, 1.82) is 0 Å².